The Morgan fingerprint density at radius 2 is 1.92 bits per heavy atom. The SMILES string of the molecule is COC[C@@H]1[C@H]2CN(c3ccc(C(C)(C)OC=O)cc3)C(=O)N2CCN1CC1=C(C(=O)OC)[C@H](c2ccc(Cl)cc2Cl)N=C(c2nccs2)N1. The second-order valence-corrected chi connectivity index (χ2v) is 14.0. The molecule has 3 aliphatic rings. The number of amides is 2. The number of benzene rings is 2. The molecule has 0 aliphatic carbocycles. The van der Waals surface area contributed by atoms with Crippen LogP contribution in [0.25, 0.3) is 0 Å². The van der Waals surface area contributed by atoms with Gasteiger partial charge in [-0.15, -0.1) is 11.3 Å². The summed E-state index contributed by atoms with van der Waals surface area (Å²) in [5, 5.41) is 6.73. The number of hydrogen-bond donors (Lipinski definition) is 1. The van der Waals surface area contributed by atoms with E-state index in [0.717, 1.165) is 11.3 Å². The van der Waals surface area contributed by atoms with Gasteiger partial charge in [0.25, 0.3) is 6.47 Å². The topological polar surface area (TPSA) is 126 Å². The highest BCUT2D eigenvalue weighted by Gasteiger charge is 2.47. The fourth-order valence-electron chi connectivity index (χ4n) is 6.60. The van der Waals surface area contributed by atoms with Crippen LogP contribution in [0.1, 0.15) is 36.0 Å². The fourth-order valence-corrected chi connectivity index (χ4v) is 7.70. The smallest absolute Gasteiger partial charge is 0.338 e. The number of nitrogens with one attached hydrogen (secondary N) is 1. The van der Waals surface area contributed by atoms with E-state index in [2.05, 4.69) is 15.2 Å². The van der Waals surface area contributed by atoms with Crippen molar-refractivity contribution < 1.29 is 28.6 Å². The normalized spacial score (nSPS) is 21.3. The van der Waals surface area contributed by atoms with Crippen LogP contribution in [0.15, 0.2) is 70.3 Å². The first kappa shape index (κ1) is 34.8. The standard InChI is InChI=1S/C34H36Cl2N6O6S/c1-34(2,48-19-43)20-5-8-22(9-6-20)42-17-26-27(18-46-3)40(12-13-41(26)33(42)45)16-25-28(32(44)47-4)29(23-10-7-21(35)15-24(23)36)39-30(38-25)31-37-11-14-49-31/h5-11,14-15,19,26-27,29H,12-13,16-18H2,1-4H3,(H,38,39)/t26-,27-,29+/m1/s1. The summed E-state index contributed by atoms with van der Waals surface area (Å²) in [5.41, 5.74) is 2.26. The maximum absolute atomic E-state index is 13.8. The number of nitrogens with zero attached hydrogens (tertiary/aromatic N) is 5. The number of methoxy groups -OCH3 is 2. The third kappa shape index (κ3) is 6.90. The van der Waals surface area contributed by atoms with E-state index in [-0.39, 0.29) is 18.1 Å². The van der Waals surface area contributed by atoms with E-state index < -0.39 is 17.6 Å². The molecule has 0 spiro atoms. The zero-order valence-electron chi connectivity index (χ0n) is 27.4. The number of hydrogen-bond acceptors (Lipinski definition) is 11. The Balaban J connectivity index is 1.32. The predicted octanol–water partition coefficient (Wildman–Crippen LogP) is 5.02. The first-order valence-electron chi connectivity index (χ1n) is 15.6. The number of urea groups is 1. The molecular weight excluding hydrogens is 691 g/mol. The van der Waals surface area contributed by atoms with Gasteiger partial charge in [-0.25, -0.2) is 14.6 Å². The van der Waals surface area contributed by atoms with Crippen molar-refractivity contribution in [3.63, 3.8) is 0 Å². The van der Waals surface area contributed by atoms with Gasteiger partial charge in [0.05, 0.1) is 31.4 Å². The van der Waals surface area contributed by atoms with Crippen LogP contribution in [0.3, 0.4) is 0 Å². The van der Waals surface area contributed by atoms with Gasteiger partial charge in [0.15, 0.2) is 10.8 Å². The van der Waals surface area contributed by atoms with Crippen molar-refractivity contribution in [3.8, 4) is 0 Å². The number of amidine groups is 1. The molecule has 15 heteroatoms. The Hall–Kier alpha value is -4.01. The largest absolute Gasteiger partial charge is 0.466 e. The summed E-state index contributed by atoms with van der Waals surface area (Å²) in [5.74, 6) is -0.0437. The van der Waals surface area contributed by atoms with Crippen molar-refractivity contribution in [2.75, 3.05) is 51.9 Å². The molecule has 0 saturated carbocycles. The molecule has 1 N–H and O–H groups in total. The first-order valence-corrected chi connectivity index (χ1v) is 17.2. The van der Waals surface area contributed by atoms with Crippen molar-refractivity contribution in [1.82, 2.24) is 20.1 Å². The Kier molecular flexibility index (Phi) is 10.3. The summed E-state index contributed by atoms with van der Waals surface area (Å²) in [6, 6.07) is 11.3. The summed E-state index contributed by atoms with van der Waals surface area (Å²) >= 11 is 14.3. The van der Waals surface area contributed by atoms with E-state index >= 15 is 0 Å². The lowest BCUT2D eigenvalue weighted by Gasteiger charge is -2.44. The number of rotatable bonds is 11. The van der Waals surface area contributed by atoms with Gasteiger partial charge < -0.3 is 24.4 Å². The minimum Gasteiger partial charge on any atom is -0.466 e. The van der Waals surface area contributed by atoms with Crippen LogP contribution < -0.4 is 10.2 Å². The first-order chi connectivity index (χ1) is 23.6. The maximum atomic E-state index is 13.8. The summed E-state index contributed by atoms with van der Waals surface area (Å²) in [6.07, 6.45) is 1.69. The van der Waals surface area contributed by atoms with E-state index in [9.17, 15) is 14.4 Å². The van der Waals surface area contributed by atoms with Gasteiger partial charge in [0, 0.05) is 71.9 Å². The van der Waals surface area contributed by atoms with Crippen molar-refractivity contribution in [2.24, 2.45) is 4.99 Å². The second kappa shape index (κ2) is 14.5. The average Bonchev–Trinajstić information content (AvgIpc) is 3.74. The Morgan fingerprint density at radius 1 is 1.14 bits per heavy atom. The molecule has 3 aromatic rings. The number of carbonyl (C=O) groups is 3. The monoisotopic (exact) mass is 726 g/mol. The molecule has 2 aromatic carbocycles. The number of piperazine rings is 1. The molecule has 6 rings (SSSR count). The average molecular weight is 728 g/mol. The molecule has 3 aliphatic heterocycles. The van der Waals surface area contributed by atoms with Crippen LogP contribution >= 0.6 is 34.5 Å². The molecule has 49 heavy (non-hydrogen) atoms. The summed E-state index contributed by atoms with van der Waals surface area (Å²) in [4.78, 5) is 53.5. The van der Waals surface area contributed by atoms with Crippen LogP contribution in [-0.4, -0.2) is 98.2 Å². The van der Waals surface area contributed by atoms with Gasteiger partial charge in [-0.1, -0.05) is 41.4 Å². The van der Waals surface area contributed by atoms with E-state index in [1.165, 1.54) is 18.4 Å². The Bertz CT molecular complexity index is 1780. The molecule has 4 heterocycles. The lowest BCUT2D eigenvalue weighted by Crippen LogP contribution is -2.61. The van der Waals surface area contributed by atoms with Crippen molar-refractivity contribution in [2.45, 2.75) is 37.6 Å². The van der Waals surface area contributed by atoms with Gasteiger partial charge in [0.2, 0.25) is 0 Å². The lowest BCUT2D eigenvalue weighted by atomic mass is 9.94. The van der Waals surface area contributed by atoms with Gasteiger partial charge in [-0.3, -0.25) is 19.6 Å². The number of esters is 1. The van der Waals surface area contributed by atoms with E-state index in [4.69, 9.17) is 42.4 Å². The predicted molar refractivity (Wildman–Crippen MR) is 187 cm³/mol. The number of aromatic nitrogens is 1. The number of anilines is 1. The van der Waals surface area contributed by atoms with Crippen LogP contribution in [-0.2, 0) is 29.4 Å². The highest BCUT2D eigenvalue weighted by atomic mass is 35.5. The van der Waals surface area contributed by atoms with Crippen LogP contribution in [0.4, 0.5) is 10.5 Å². The van der Waals surface area contributed by atoms with E-state index in [1.54, 1.807) is 36.4 Å². The number of carbonyl (C=O) groups excluding carboxylic acids is 3. The van der Waals surface area contributed by atoms with E-state index in [0.29, 0.717) is 77.0 Å². The molecular formula is C34H36Cl2N6O6S. The van der Waals surface area contributed by atoms with Crippen LogP contribution in [0.2, 0.25) is 10.0 Å². The molecule has 258 valence electrons. The molecule has 3 atom stereocenters. The number of halogens is 2. The summed E-state index contributed by atoms with van der Waals surface area (Å²) in [6.45, 7) is 6.13. The molecule has 12 nitrogen and oxygen atoms in total. The zero-order valence-corrected chi connectivity index (χ0v) is 29.7. The zero-order chi connectivity index (χ0) is 34.9. The van der Waals surface area contributed by atoms with Crippen LogP contribution in [0, 0.1) is 0 Å². The number of fused-ring (bicyclic) bond motifs is 1. The van der Waals surface area contributed by atoms with Crippen molar-refractivity contribution in [1.29, 1.82) is 0 Å². The fraction of sp³-hybridized carbons (Fsp3) is 0.382. The highest BCUT2D eigenvalue weighted by Crippen LogP contribution is 2.38. The summed E-state index contributed by atoms with van der Waals surface area (Å²) in [7, 11) is 2.97. The van der Waals surface area contributed by atoms with Gasteiger partial charge in [0.1, 0.15) is 11.6 Å². The minimum absolute atomic E-state index is 0.0946. The minimum atomic E-state index is -0.802. The van der Waals surface area contributed by atoms with Crippen molar-refractivity contribution >= 4 is 64.5 Å². The summed E-state index contributed by atoms with van der Waals surface area (Å²) < 4.78 is 16.3. The quantitative estimate of drug-likeness (QED) is 0.214. The molecule has 0 unspecified atom stereocenters. The molecule has 0 radical (unpaired) electrons. The van der Waals surface area contributed by atoms with Gasteiger partial charge >= 0.3 is 12.0 Å². The number of aliphatic imine (C=N–C) groups is 1. The molecule has 1 aromatic heterocycles. The molecule has 2 fully saturated rings. The Morgan fingerprint density at radius 3 is 2.57 bits per heavy atom. The highest BCUT2D eigenvalue weighted by molar-refractivity contribution is 7.11. The maximum Gasteiger partial charge on any atom is 0.338 e. The lowest BCUT2D eigenvalue weighted by molar-refractivity contribution is -0.141. The Labute approximate surface area is 298 Å². The van der Waals surface area contributed by atoms with Crippen molar-refractivity contribution in [3.05, 3.63) is 91.5 Å². The van der Waals surface area contributed by atoms with Gasteiger partial charge in [-0.2, -0.15) is 0 Å². The van der Waals surface area contributed by atoms with Gasteiger partial charge in [-0.05, 0) is 43.7 Å². The second-order valence-electron chi connectivity index (χ2n) is 12.3. The van der Waals surface area contributed by atoms with E-state index in [1.807, 2.05) is 48.4 Å². The molecule has 2 saturated heterocycles. The number of thiazole rings is 1. The molecule has 2 amide bonds. The third-order valence-electron chi connectivity index (χ3n) is 9.13. The molecule has 0 bridgehead atoms. The van der Waals surface area contributed by atoms with Crippen LogP contribution in [0.5, 0.6) is 0 Å². The third-order valence-corrected chi connectivity index (χ3v) is 10.5. The number of ether oxygens (including phenoxy) is 3.